The number of aliphatic hydroxyl groups excluding tert-OH is 1. The fraction of sp³-hybridized carbons (Fsp3) is 0.750. The van der Waals surface area contributed by atoms with E-state index in [1.807, 2.05) is 0 Å². The van der Waals surface area contributed by atoms with E-state index in [1.165, 1.54) is 6.92 Å². The molecule has 154 valence electrons. The first-order chi connectivity index (χ1) is 12.9. The average molecular weight is 394 g/mol. The van der Waals surface area contributed by atoms with Crippen molar-refractivity contribution in [2.75, 3.05) is 0 Å². The number of aliphatic carboxylic acids is 3. The van der Waals surface area contributed by atoms with Crippen LogP contribution in [0.15, 0.2) is 12.2 Å². The van der Waals surface area contributed by atoms with Crippen LogP contribution in [-0.2, 0) is 14.4 Å². The lowest BCUT2D eigenvalue weighted by Crippen LogP contribution is -2.57. The number of carbonyl (C=O) groups is 3. The summed E-state index contributed by atoms with van der Waals surface area (Å²) in [5, 5.41) is 51.6. The zero-order valence-electron chi connectivity index (χ0n) is 15.7. The van der Waals surface area contributed by atoms with E-state index >= 15 is 0 Å². The number of carboxylic acid groups (broad SMARTS) is 3. The normalized spacial score (nSPS) is 52.0. The molecule has 0 heterocycles. The third-order valence-electron chi connectivity index (χ3n) is 8.66. The van der Waals surface area contributed by atoms with Gasteiger partial charge in [-0.25, -0.2) is 0 Å². The summed E-state index contributed by atoms with van der Waals surface area (Å²) >= 11 is 0. The summed E-state index contributed by atoms with van der Waals surface area (Å²) in [5.41, 5.74) is -3.34. The summed E-state index contributed by atoms with van der Waals surface area (Å²) in [5.74, 6) is -7.88. The summed E-state index contributed by atoms with van der Waals surface area (Å²) < 4.78 is 0. The Labute approximate surface area is 161 Å². The zero-order chi connectivity index (χ0) is 20.8. The van der Waals surface area contributed by atoms with E-state index in [2.05, 4.69) is 6.58 Å². The molecule has 5 N–H and O–H groups in total. The van der Waals surface area contributed by atoms with E-state index in [1.54, 1.807) is 0 Å². The quantitative estimate of drug-likeness (QED) is 0.444. The summed E-state index contributed by atoms with van der Waals surface area (Å²) in [7, 11) is 0. The lowest BCUT2D eigenvalue weighted by Gasteiger charge is -2.48. The van der Waals surface area contributed by atoms with Crippen LogP contribution in [0.25, 0.3) is 0 Å². The van der Waals surface area contributed by atoms with Crippen LogP contribution in [0.3, 0.4) is 0 Å². The molecule has 8 nitrogen and oxygen atoms in total. The number of carboxylic acids is 3. The third-order valence-corrected chi connectivity index (χ3v) is 8.66. The third kappa shape index (κ3) is 2.05. The predicted octanol–water partition coefficient (Wildman–Crippen LogP) is 0.967. The molecule has 0 aromatic heterocycles. The minimum Gasteiger partial charge on any atom is -0.481 e. The van der Waals surface area contributed by atoms with Crippen molar-refractivity contribution >= 4 is 17.9 Å². The van der Waals surface area contributed by atoms with Crippen molar-refractivity contribution < 1.29 is 39.9 Å². The fourth-order valence-corrected chi connectivity index (χ4v) is 7.45. The molecule has 0 aromatic carbocycles. The van der Waals surface area contributed by atoms with Crippen LogP contribution < -0.4 is 0 Å². The molecule has 0 saturated heterocycles. The smallest absolute Gasteiger partial charge is 0.312 e. The van der Waals surface area contributed by atoms with Crippen LogP contribution in [0.2, 0.25) is 0 Å². The molecule has 4 aliphatic carbocycles. The maximum atomic E-state index is 12.5. The highest BCUT2D eigenvalue weighted by Crippen LogP contribution is 2.74. The Morgan fingerprint density at radius 2 is 1.79 bits per heavy atom. The number of aliphatic hydroxyl groups is 2. The van der Waals surface area contributed by atoms with Gasteiger partial charge in [0.2, 0.25) is 0 Å². The molecule has 0 radical (unpaired) electrons. The van der Waals surface area contributed by atoms with Gasteiger partial charge in [-0.05, 0) is 67.8 Å². The maximum Gasteiger partial charge on any atom is 0.312 e. The van der Waals surface area contributed by atoms with Crippen molar-refractivity contribution in [2.45, 2.75) is 50.7 Å². The molecule has 0 unspecified atom stereocenters. The Morgan fingerprint density at radius 1 is 1.14 bits per heavy atom. The summed E-state index contributed by atoms with van der Waals surface area (Å²) in [6.07, 6.45) is -0.484. The van der Waals surface area contributed by atoms with Crippen LogP contribution in [-0.4, -0.2) is 55.1 Å². The highest BCUT2D eigenvalue weighted by atomic mass is 16.4. The van der Waals surface area contributed by atoms with E-state index in [9.17, 15) is 39.9 Å². The lowest BCUT2D eigenvalue weighted by atomic mass is 9.55. The number of hydrogen-bond acceptors (Lipinski definition) is 5. The van der Waals surface area contributed by atoms with Crippen molar-refractivity contribution in [3.05, 3.63) is 12.2 Å². The summed E-state index contributed by atoms with van der Waals surface area (Å²) in [6.45, 7) is 5.29. The van der Waals surface area contributed by atoms with Gasteiger partial charge in [-0.15, -0.1) is 0 Å². The van der Waals surface area contributed by atoms with Crippen molar-refractivity contribution in [1.29, 1.82) is 0 Å². The minimum atomic E-state index is -1.77. The van der Waals surface area contributed by atoms with Gasteiger partial charge in [-0.2, -0.15) is 0 Å². The van der Waals surface area contributed by atoms with Crippen molar-refractivity contribution in [1.82, 2.24) is 0 Å². The number of rotatable bonds is 3. The van der Waals surface area contributed by atoms with E-state index in [0.717, 1.165) is 0 Å². The van der Waals surface area contributed by atoms with E-state index in [0.29, 0.717) is 18.4 Å². The molecule has 4 rings (SSSR count). The molecule has 28 heavy (non-hydrogen) atoms. The van der Waals surface area contributed by atoms with E-state index in [-0.39, 0.29) is 25.2 Å². The van der Waals surface area contributed by atoms with Gasteiger partial charge >= 0.3 is 17.9 Å². The molecule has 8 heteroatoms. The maximum absolute atomic E-state index is 12.5. The largest absolute Gasteiger partial charge is 0.481 e. The van der Waals surface area contributed by atoms with Gasteiger partial charge in [0.05, 0.1) is 29.0 Å². The first-order valence-corrected chi connectivity index (χ1v) is 9.68. The van der Waals surface area contributed by atoms with E-state index < -0.39 is 64.1 Å². The van der Waals surface area contributed by atoms with Gasteiger partial charge < -0.3 is 25.5 Å². The van der Waals surface area contributed by atoms with Crippen LogP contribution in [0.1, 0.15) is 39.0 Å². The molecule has 4 saturated carbocycles. The molecule has 4 aliphatic rings. The van der Waals surface area contributed by atoms with E-state index in [4.69, 9.17) is 0 Å². The number of hydrogen-bond donors (Lipinski definition) is 5. The molecule has 9 atom stereocenters. The lowest BCUT2D eigenvalue weighted by molar-refractivity contribution is -0.184. The van der Waals surface area contributed by atoms with Gasteiger partial charge in [-0.3, -0.25) is 14.4 Å². The van der Waals surface area contributed by atoms with Gasteiger partial charge in [0.1, 0.15) is 0 Å². The van der Waals surface area contributed by atoms with Crippen molar-refractivity contribution in [3.8, 4) is 0 Å². The molecule has 1 spiro atoms. The predicted molar refractivity (Wildman–Crippen MR) is 94.1 cm³/mol. The topological polar surface area (TPSA) is 152 Å². The first kappa shape index (κ1) is 19.4. The summed E-state index contributed by atoms with van der Waals surface area (Å²) in [4.78, 5) is 36.7. The van der Waals surface area contributed by atoms with Crippen LogP contribution in [0.5, 0.6) is 0 Å². The van der Waals surface area contributed by atoms with Crippen LogP contribution in [0.4, 0.5) is 0 Å². The SMILES string of the molecule is C=C1C[C@]23C[C@@]1(O)CC[C@H]2[C@@H]1[C@H]([C@@H]3C(=O)O)[C@](C)(C(=O)O)[C@@H](O)C[C@@H]1C(=O)O. The Hall–Kier alpha value is -1.93. The van der Waals surface area contributed by atoms with Gasteiger partial charge in [0.15, 0.2) is 0 Å². The Kier molecular flexibility index (Phi) is 3.86. The second-order valence-corrected chi connectivity index (χ2v) is 9.57. The highest BCUT2D eigenvalue weighted by Gasteiger charge is 2.76. The molecule has 4 fully saturated rings. The van der Waals surface area contributed by atoms with Crippen molar-refractivity contribution in [2.24, 2.45) is 40.4 Å². The second kappa shape index (κ2) is 5.57. The molecule has 0 amide bonds. The minimum absolute atomic E-state index is 0.158. The van der Waals surface area contributed by atoms with Gasteiger partial charge in [-0.1, -0.05) is 6.58 Å². The van der Waals surface area contributed by atoms with Gasteiger partial charge in [0.25, 0.3) is 0 Å². The summed E-state index contributed by atoms with van der Waals surface area (Å²) in [6, 6.07) is 0. The van der Waals surface area contributed by atoms with Gasteiger partial charge in [0, 0.05) is 0 Å². The molecule has 0 aromatic rings. The first-order valence-electron chi connectivity index (χ1n) is 9.68. The second-order valence-electron chi connectivity index (χ2n) is 9.57. The Morgan fingerprint density at radius 3 is 2.32 bits per heavy atom. The monoisotopic (exact) mass is 394 g/mol. The fourth-order valence-electron chi connectivity index (χ4n) is 7.45. The average Bonchev–Trinajstić information content (AvgIpc) is 2.98. The number of fused-ring (bicyclic) bond motifs is 3. The standard InChI is InChI=1S/C20H26O8/c1-8-6-19-7-20(8,28)4-3-10(19)12-9(15(22)23)5-11(21)18(2,17(26)27)13(12)14(19)16(24)25/h9-14,21,28H,1,3-7H2,2H3,(H,22,23)(H,24,25)(H,26,27)/t9-,10-,11-,12+,13+,14+,18+,19-,20-/m0/s1. The van der Waals surface area contributed by atoms with Crippen molar-refractivity contribution in [3.63, 3.8) is 0 Å². The molecule has 2 bridgehead atoms. The van der Waals surface area contributed by atoms with Crippen LogP contribution >= 0.6 is 0 Å². The molecular formula is C20H26O8. The highest BCUT2D eigenvalue weighted by molar-refractivity contribution is 5.81. The molecule has 0 aliphatic heterocycles. The Bertz CT molecular complexity index is 791. The zero-order valence-corrected chi connectivity index (χ0v) is 15.7. The Balaban J connectivity index is 1.96. The van der Waals surface area contributed by atoms with Crippen LogP contribution in [0, 0.1) is 40.4 Å². The molecular weight excluding hydrogens is 368 g/mol.